The van der Waals surface area contributed by atoms with Gasteiger partial charge in [0.05, 0.1) is 30.7 Å². The molecule has 0 saturated heterocycles. The van der Waals surface area contributed by atoms with E-state index in [0.717, 1.165) is 36.9 Å². The van der Waals surface area contributed by atoms with E-state index in [1.165, 1.54) is 0 Å². The van der Waals surface area contributed by atoms with Crippen molar-refractivity contribution in [1.29, 1.82) is 5.41 Å². The largest absolute Gasteiger partial charge is 0.494 e. The molecule has 4 nitrogen and oxygen atoms in total. The number of fused-ring (bicyclic) bond motifs is 1. The molecule has 0 aliphatic carbocycles. The Labute approximate surface area is 186 Å². The quantitative estimate of drug-likeness (QED) is 0.340. The Morgan fingerprint density at radius 1 is 0.793 bits per heavy atom. The number of ether oxygens (including phenoxy) is 1. The lowest BCUT2D eigenvalue weighted by Crippen LogP contribution is -2.25. The molecule has 0 unspecified atom stereocenters. The number of nitrogens with one attached hydrogen (secondary N) is 1. The highest BCUT2D eigenvalue weighted by molar-refractivity contribution is 9.10. The van der Waals surface area contributed by atoms with Gasteiger partial charge in [-0.1, -0.05) is 68.3 Å². The summed E-state index contributed by atoms with van der Waals surface area (Å²) >= 11 is 7.28. The molecule has 4 aromatic rings. The Hall–Kier alpha value is -2.31. The van der Waals surface area contributed by atoms with Gasteiger partial charge in [0.1, 0.15) is 5.75 Å². The van der Waals surface area contributed by atoms with Crippen LogP contribution >= 0.6 is 31.9 Å². The van der Waals surface area contributed by atoms with Crippen molar-refractivity contribution in [3.05, 3.63) is 92.4 Å². The molecule has 29 heavy (non-hydrogen) atoms. The van der Waals surface area contributed by atoms with Gasteiger partial charge in [-0.15, -0.1) is 0 Å². The Balaban J connectivity index is 1.88. The van der Waals surface area contributed by atoms with E-state index in [1.54, 1.807) is 0 Å². The molecule has 0 atom stereocenters. The third-order valence-electron chi connectivity index (χ3n) is 4.92. The summed E-state index contributed by atoms with van der Waals surface area (Å²) in [6.07, 6.45) is 0. The number of hydrogen-bond donors (Lipinski definition) is 1. The summed E-state index contributed by atoms with van der Waals surface area (Å²) in [5, 5.41) is 8.94. The fourth-order valence-corrected chi connectivity index (χ4v) is 4.31. The summed E-state index contributed by atoms with van der Waals surface area (Å²) < 4.78 is 11.9. The summed E-state index contributed by atoms with van der Waals surface area (Å²) in [4.78, 5) is 0. The summed E-state index contributed by atoms with van der Waals surface area (Å²) in [5.41, 5.74) is 4.73. The zero-order chi connectivity index (χ0) is 20.4. The van der Waals surface area contributed by atoms with Crippen LogP contribution in [-0.2, 0) is 13.1 Å². The van der Waals surface area contributed by atoms with Gasteiger partial charge in [-0.3, -0.25) is 5.41 Å². The summed E-state index contributed by atoms with van der Waals surface area (Å²) in [7, 11) is 0. The van der Waals surface area contributed by atoms with Crippen LogP contribution in [0.5, 0.6) is 5.75 Å². The first kappa shape index (κ1) is 20.0. The van der Waals surface area contributed by atoms with Crippen molar-refractivity contribution in [1.82, 2.24) is 9.13 Å². The standard InChI is InChI=1S/C23H21Br2N3O/c1-2-29-18-11-12-21-22(13-18)28(15-17-8-4-6-10-20(17)25)23(26)27(21)14-16-7-3-5-9-19(16)24/h3-13,26H,2,14-15H2,1H3. The summed E-state index contributed by atoms with van der Waals surface area (Å²) in [5.74, 6) is 0.818. The fraction of sp³-hybridized carbons (Fsp3) is 0.174. The Kier molecular flexibility index (Phi) is 5.92. The second-order valence-electron chi connectivity index (χ2n) is 6.76. The molecule has 0 saturated carbocycles. The van der Waals surface area contributed by atoms with Crippen molar-refractivity contribution in [3.8, 4) is 5.75 Å². The van der Waals surface area contributed by atoms with Gasteiger partial charge in [-0.05, 0) is 42.3 Å². The Morgan fingerprint density at radius 2 is 1.34 bits per heavy atom. The molecule has 1 heterocycles. The van der Waals surface area contributed by atoms with Gasteiger partial charge < -0.3 is 13.9 Å². The van der Waals surface area contributed by atoms with Crippen molar-refractivity contribution < 1.29 is 4.74 Å². The molecular formula is C23H21Br2N3O. The molecule has 1 N–H and O–H groups in total. The molecule has 4 rings (SSSR count). The van der Waals surface area contributed by atoms with Crippen LogP contribution in [0.4, 0.5) is 0 Å². The number of benzene rings is 3. The molecule has 6 heteroatoms. The van der Waals surface area contributed by atoms with E-state index in [2.05, 4.69) is 44.0 Å². The SMILES string of the molecule is CCOc1ccc2c(c1)n(Cc1ccccc1Br)c(=N)n2Cc1ccccc1Br. The van der Waals surface area contributed by atoms with Crippen LogP contribution in [0.2, 0.25) is 0 Å². The lowest BCUT2D eigenvalue weighted by molar-refractivity contribution is 0.340. The van der Waals surface area contributed by atoms with Gasteiger partial charge >= 0.3 is 0 Å². The first-order valence-electron chi connectivity index (χ1n) is 9.45. The summed E-state index contributed by atoms with van der Waals surface area (Å²) in [6, 6.07) is 22.3. The number of aromatic nitrogens is 2. The van der Waals surface area contributed by atoms with E-state index >= 15 is 0 Å². The molecular weight excluding hydrogens is 494 g/mol. The minimum atomic E-state index is 0.458. The molecule has 3 aromatic carbocycles. The Bertz CT molecular complexity index is 1230. The molecule has 148 valence electrons. The second-order valence-corrected chi connectivity index (χ2v) is 8.47. The fourth-order valence-electron chi connectivity index (χ4n) is 3.49. The van der Waals surface area contributed by atoms with Crippen molar-refractivity contribution in [2.24, 2.45) is 0 Å². The van der Waals surface area contributed by atoms with Crippen LogP contribution < -0.4 is 10.4 Å². The molecule has 0 spiro atoms. The molecule has 0 fully saturated rings. The smallest absolute Gasteiger partial charge is 0.203 e. The topological polar surface area (TPSA) is 42.9 Å². The van der Waals surface area contributed by atoms with Crippen molar-refractivity contribution >= 4 is 42.9 Å². The van der Waals surface area contributed by atoms with Crippen molar-refractivity contribution in [3.63, 3.8) is 0 Å². The molecule has 0 radical (unpaired) electrons. The van der Waals surface area contributed by atoms with Gasteiger partial charge in [0.2, 0.25) is 5.62 Å². The minimum absolute atomic E-state index is 0.458. The first-order valence-corrected chi connectivity index (χ1v) is 11.0. The van der Waals surface area contributed by atoms with Crippen LogP contribution in [0.25, 0.3) is 11.0 Å². The lowest BCUT2D eigenvalue weighted by Gasteiger charge is -2.08. The van der Waals surface area contributed by atoms with Gasteiger partial charge in [0.25, 0.3) is 0 Å². The van der Waals surface area contributed by atoms with Gasteiger partial charge in [-0.25, -0.2) is 0 Å². The molecule has 0 amide bonds. The maximum absolute atomic E-state index is 8.94. The number of nitrogens with zero attached hydrogens (tertiary/aromatic N) is 2. The van der Waals surface area contributed by atoms with Crippen LogP contribution in [0.1, 0.15) is 18.1 Å². The maximum atomic E-state index is 8.94. The van der Waals surface area contributed by atoms with Crippen LogP contribution in [0.3, 0.4) is 0 Å². The number of halogens is 2. The third-order valence-corrected chi connectivity index (χ3v) is 6.47. The molecule has 0 aliphatic rings. The average molecular weight is 515 g/mol. The summed E-state index contributed by atoms with van der Waals surface area (Å²) in [6.45, 7) is 3.82. The van der Waals surface area contributed by atoms with Gasteiger partial charge in [0.15, 0.2) is 0 Å². The van der Waals surface area contributed by atoms with E-state index in [9.17, 15) is 0 Å². The lowest BCUT2D eigenvalue weighted by atomic mass is 10.2. The Morgan fingerprint density at radius 3 is 1.90 bits per heavy atom. The number of imidazole rings is 1. The van der Waals surface area contributed by atoms with Crippen molar-refractivity contribution in [2.45, 2.75) is 20.0 Å². The second kappa shape index (κ2) is 8.59. The monoisotopic (exact) mass is 513 g/mol. The highest BCUT2D eigenvalue weighted by atomic mass is 79.9. The zero-order valence-corrected chi connectivity index (χ0v) is 19.2. The van der Waals surface area contributed by atoms with Crippen LogP contribution in [0, 0.1) is 5.41 Å². The molecule has 0 bridgehead atoms. The van der Waals surface area contributed by atoms with E-state index in [-0.39, 0.29) is 0 Å². The maximum Gasteiger partial charge on any atom is 0.203 e. The van der Waals surface area contributed by atoms with Crippen molar-refractivity contribution in [2.75, 3.05) is 6.61 Å². The first-order chi connectivity index (χ1) is 14.1. The predicted octanol–water partition coefficient (Wildman–Crippen LogP) is 5.94. The minimum Gasteiger partial charge on any atom is -0.494 e. The zero-order valence-electron chi connectivity index (χ0n) is 16.0. The van der Waals surface area contributed by atoms with E-state index in [1.807, 2.05) is 70.7 Å². The number of hydrogen-bond acceptors (Lipinski definition) is 2. The van der Waals surface area contributed by atoms with Gasteiger partial charge in [0, 0.05) is 15.0 Å². The highest BCUT2D eigenvalue weighted by Crippen LogP contribution is 2.25. The third kappa shape index (κ3) is 4.05. The molecule has 1 aromatic heterocycles. The van der Waals surface area contributed by atoms with E-state index < -0.39 is 0 Å². The normalized spacial score (nSPS) is 11.1. The van der Waals surface area contributed by atoms with Crippen LogP contribution in [0.15, 0.2) is 75.7 Å². The highest BCUT2D eigenvalue weighted by Gasteiger charge is 2.14. The van der Waals surface area contributed by atoms with E-state index in [0.29, 0.717) is 25.3 Å². The average Bonchev–Trinajstić information content (AvgIpc) is 2.97. The van der Waals surface area contributed by atoms with Crippen LogP contribution in [-0.4, -0.2) is 15.7 Å². The number of rotatable bonds is 6. The van der Waals surface area contributed by atoms with Gasteiger partial charge in [-0.2, -0.15) is 0 Å². The van der Waals surface area contributed by atoms with E-state index in [4.69, 9.17) is 10.1 Å². The molecule has 0 aliphatic heterocycles. The predicted molar refractivity (Wildman–Crippen MR) is 123 cm³/mol.